The summed E-state index contributed by atoms with van der Waals surface area (Å²) in [6.45, 7) is 3.49. The van der Waals surface area contributed by atoms with Gasteiger partial charge in [0.2, 0.25) is 5.95 Å². The lowest BCUT2D eigenvalue weighted by Gasteiger charge is -2.28. The largest absolute Gasteiger partial charge is 0.401 e. The van der Waals surface area contributed by atoms with Crippen LogP contribution in [0.4, 0.5) is 35.0 Å². The number of fused-ring (bicyclic) bond motifs is 1. The first-order valence-electron chi connectivity index (χ1n) is 11.5. The van der Waals surface area contributed by atoms with Gasteiger partial charge in [-0.2, -0.15) is 13.2 Å². The number of nitrogens with zero attached hydrogens (tertiary/aromatic N) is 5. The summed E-state index contributed by atoms with van der Waals surface area (Å²) in [6, 6.07) is 8.53. The van der Waals surface area contributed by atoms with Gasteiger partial charge in [0.1, 0.15) is 11.5 Å². The number of halogens is 4. The zero-order valence-electron chi connectivity index (χ0n) is 20.2. The fourth-order valence-electron chi connectivity index (χ4n) is 4.29. The second kappa shape index (κ2) is 10.2. The van der Waals surface area contributed by atoms with E-state index in [4.69, 9.17) is 5.73 Å². The third kappa shape index (κ3) is 5.78. The SMILES string of the molecule is CN=C(c1cc(-c2nc(Nc3ccc4c(n3)CCN(CC(F)(F)F)C4)ncc2F)ccc1N)C(C)C. The molecular formula is C25H27F4N7. The number of aromatic nitrogens is 3. The number of hydrogen-bond donors (Lipinski definition) is 2. The van der Waals surface area contributed by atoms with Crippen LogP contribution in [0.25, 0.3) is 11.3 Å². The van der Waals surface area contributed by atoms with Crippen LogP contribution in [0.1, 0.15) is 30.7 Å². The number of nitrogens with one attached hydrogen (secondary N) is 1. The molecule has 2 aromatic heterocycles. The molecule has 1 aliphatic rings. The molecule has 4 rings (SSSR count). The predicted octanol–water partition coefficient (Wildman–Crippen LogP) is 5.00. The first-order valence-corrected chi connectivity index (χ1v) is 11.5. The summed E-state index contributed by atoms with van der Waals surface area (Å²) in [5, 5.41) is 2.98. The molecule has 3 aromatic rings. The minimum Gasteiger partial charge on any atom is -0.398 e. The number of aliphatic imine (C=N–C) groups is 1. The second-order valence-electron chi connectivity index (χ2n) is 8.96. The molecule has 0 unspecified atom stereocenters. The van der Waals surface area contributed by atoms with E-state index in [1.165, 1.54) is 4.90 Å². The Balaban J connectivity index is 1.57. The van der Waals surface area contributed by atoms with Gasteiger partial charge in [-0.1, -0.05) is 26.0 Å². The number of rotatable bonds is 6. The van der Waals surface area contributed by atoms with Crippen molar-refractivity contribution >= 4 is 23.2 Å². The zero-order chi connectivity index (χ0) is 26.0. The van der Waals surface area contributed by atoms with Crippen LogP contribution in [0.3, 0.4) is 0 Å². The molecule has 0 saturated heterocycles. The van der Waals surface area contributed by atoms with Gasteiger partial charge in [-0.15, -0.1) is 0 Å². The summed E-state index contributed by atoms with van der Waals surface area (Å²) in [7, 11) is 1.69. The molecule has 0 fully saturated rings. The molecular weight excluding hydrogens is 474 g/mol. The van der Waals surface area contributed by atoms with Crippen LogP contribution < -0.4 is 11.1 Å². The highest BCUT2D eigenvalue weighted by molar-refractivity contribution is 6.06. The highest BCUT2D eigenvalue weighted by Gasteiger charge is 2.32. The first kappa shape index (κ1) is 25.5. The lowest BCUT2D eigenvalue weighted by atomic mass is 9.95. The number of nitrogens with two attached hydrogens (primary N) is 1. The van der Waals surface area contributed by atoms with Gasteiger partial charge >= 0.3 is 6.18 Å². The number of anilines is 3. The number of benzene rings is 1. The molecule has 0 radical (unpaired) electrons. The van der Waals surface area contributed by atoms with Gasteiger partial charge in [-0.05, 0) is 29.7 Å². The topological polar surface area (TPSA) is 92.3 Å². The lowest BCUT2D eigenvalue weighted by molar-refractivity contribution is -0.147. The Hall–Kier alpha value is -3.60. The summed E-state index contributed by atoms with van der Waals surface area (Å²) >= 11 is 0. The van der Waals surface area contributed by atoms with Crippen molar-refractivity contribution in [1.29, 1.82) is 0 Å². The summed E-state index contributed by atoms with van der Waals surface area (Å²) in [5.74, 6) is 0.0865. The van der Waals surface area contributed by atoms with Crippen molar-refractivity contribution in [2.45, 2.75) is 33.0 Å². The summed E-state index contributed by atoms with van der Waals surface area (Å²) in [5.41, 5.74) is 10.3. The van der Waals surface area contributed by atoms with E-state index in [1.807, 2.05) is 13.8 Å². The van der Waals surface area contributed by atoms with E-state index in [2.05, 4.69) is 25.3 Å². The minimum absolute atomic E-state index is 0.0914. The van der Waals surface area contributed by atoms with E-state index in [-0.39, 0.29) is 30.6 Å². The molecule has 0 amide bonds. The molecule has 190 valence electrons. The Labute approximate surface area is 206 Å². The predicted molar refractivity (Wildman–Crippen MR) is 132 cm³/mol. The first-order chi connectivity index (χ1) is 17.0. The number of pyridine rings is 1. The molecule has 0 bridgehead atoms. The normalized spacial score (nSPS) is 14.7. The van der Waals surface area contributed by atoms with Crippen LogP contribution in [0.15, 0.2) is 41.5 Å². The van der Waals surface area contributed by atoms with E-state index in [0.29, 0.717) is 34.7 Å². The van der Waals surface area contributed by atoms with Crippen molar-refractivity contribution in [3.63, 3.8) is 0 Å². The Morgan fingerprint density at radius 2 is 1.97 bits per heavy atom. The fourth-order valence-corrected chi connectivity index (χ4v) is 4.29. The Morgan fingerprint density at radius 3 is 2.67 bits per heavy atom. The van der Waals surface area contributed by atoms with E-state index < -0.39 is 18.5 Å². The van der Waals surface area contributed by atoms with Gasteiger partial charge in [0, 0.05) is 54.8 Å². The van der Waals surface area contributed by atoms with Crippen molar-refractivity contribution in [2.75, 3.05) is 31.2 Å². The zero-order valence-corrected chi connectivity index (χ0v) is 20.2. The van der Waals surface area contributed by atoms with Crippen LogP contribution >= 0.6 is 0 Å². The summed E-state index contributed by atoms with van der Waals surface area (Å²) in [6.07, 6.45) is -2.78. The quantitative estimate of drug-likeness (QED) is 0.281. The molecule has 0 atom stereocenters. The molecule has 0 aliphatic carbocycles. The summed E-state index contributed by atoms with van der Waals surface area (Å²) < 4.78 is 52.9. The van der Waals surface area contributed by atoms with Crippen molar-refractivity contribution in [2.24, 2.45) is 10.9 Å². The standard InChI is InChI=1S/C25H27F4N7/c1-14(2)22(31-3)17-10-15(4-6-19(17)30)23-18(26)11-32-24(35-23)34-21-7-5-16-12-36(13-25(27,28)29)9-8-20(16)33-21/h4-7,10-11,14H,8-9,12-13,30H2,1-3H3,(H,32,33,34,35). The van der Waals surface area contributed by atoms with E-state index in [9.17, 15) is 17.6 Å². The monoisotopic (exact) mass is 501 g/mol. The molecule has 11 heteroatoms. The van der Waals surface area contributed by atoms with Gasteiger partial charge in [0.05, 0.1) is 12.7 Å². The van der Waals surface area contributed by atoms with Gasteiger partial charge in [-0.25, -0.2) is 19.3 Å². The van der Waals surface area contributed by atoms with Crippen LogP contribution in [0.2, 0.25) is 0 Å². The molecule has 7 nitrogen and oxygen atoms in total. The van der Waals surface area contributed by atoms with E-state index >= 15 is 0 Å². The average molecular weight is 502 g/mol. The highest BCUT2D eigenvalue weighted by atomic mass is 19.4. The minimum atomic E-state index is -4.24. The Kier molecular flexibility index (Phi) is 7.21. The maximum Gasteiger partial charge on any atom is 0.401 e. The van der Waals surface area contributed by atoms with E-state index in [0.717, 1.165) is 17.5 Å². The number of alkyl halides is 3. The second-order valence-corrected chi connectivity index (χ2v) is 8.96. The van der Waals surface area contributed by atoms with Crippen LogP contribution in [0, 0.1) is 11.7 Å². The van der Waals surface area contributed by atoms with Crippen molar-refractivity contribution in [3.05, 3.63) is 59.2 Å². The molecule has 3 N–H and O–H groups in total. The number of nitrogen functional groups attached to an aromatic ring is 1. The third-order valence-corrected chi connectivity index (χ3v) is 5.90. The lowest BCUT2D eigenvalue weighted by Crippen LogP contribution is -2.38. The van der Waals surface area contributed by atoms with Gasteiger partial charge in [0.25, 0.3) is 0 Å². The average Bonchev–Trinajstić information content (AvgIpc) is 2.81. The maximum absolute atomic E-state index is 14.7. The maximum atomic E-state index is 14.7. The molecule has 1 aliphatic heterocycles. The van der Waals surface area contributed by atoms with Crippen LogP contribution in [0.5, 0.6) is 0 Å². The van der Waals surface area contributed by atoms with Crippen molar-refractivity contribution in [1.82, 2.24) is 19.9 Å². The molecule has 0 saturated carbocycles. The molecule has 36 heavy (non-hydrogen) atoms. The van der Waals surface area contributed by atoms with Crippen LogP contribution in [-0.4, -0.2) is 51.9 Å². The van der Waals surface area contributed by atoms with Gasteiger partial charge in [-0.3, -0.25) is 9.89 Å². The Bertz CT molecular complexity index is 1290. The van der Waals surface area contributed by atoms with Crippen molar-refractivity contribution < 1.29 is 17.6 Å². The third-order valence-electron chi connectivity index (χ3n) is 5.90. The fraction of sp³-hybridized carbons (Fsp3) is 0.360. The molecule has 0 spiro atoms. The summed E-state index contributed by atoms with van der Waals surface area (Å²) in [4.78, 5) is 18.6. The smallest absolute Gasteiger partial charge is 0.398 e. The van der Waals surface area contributed by atoms with E-state index in [1.54, 1.807) is 37.4 Å². The van der Waals surface area contributed by atoms with Crippen LogP contribution in [-0.2, 0) is 13.0 Å². The van der Waals surface area contributed by atoms with Crippen molar-refractivity contribution in [3.8, 4) is 11.3 Å². The molecule has 1 aromatic carbocycles. The van der Waals surface area contributed by atoms with Gasteiger partial charge < -0.3 is 11.1 Å². The Morgan fingerprint density at radius 1 is 1.19 bits per heavy atom. The number of hydrogen-bond acceptors (Lipinski definition) is 7. The van der Waals surface area contributed by atoms with Gasteiger partial charge in [0.15, 0.2) is 5.82 Å². The molecule has 3 heterocycles. The highest BCUT2D eigenvalue weighted by Crippen LogP contribution is 2.28.